The molecule has 0 unspecified atom stereocenters. The Labute approximate surface area is 154 Å². The average Bonchev–Trinajstić information content (AvgIpc) is 3.33. The Balaban J connectivity index is 1.48. The Morgan fingerprint density at radius 1 is 0.962 bits per heavy atom. The molecule has 0 N–H and O–H groups in total. The lowest BCUT2D eigenvalue weighted by Crippen LogP contribution is -2.04. The fourth-order valence-corrected chi connectivity index (χ4v) is 3.32. The molecule has 4 rings (SSSR count). The van der Waals surface area contributed by atoms with Crippen LogP contribution in [0.4, 0.5) is 0 Å². The zero-order valence-electron chi connectivity index (χ0n) is 14.1. The minimum Gasteiger partial charge on any atom is -0.416 e. The van der Waals surface area contributed by atoms with Crippen LogP contribution in [0.1, 0.15) is 29.5 Å². The van der Waals surface area contributed by atoms with Gasteiger partial charge in [-0.05, 0) is 35.0 Å². The molecule has 0 aliphatic heterocycles. The maximum atomic E-state index is 5.76. The Hall–Kier alpha value is -3.00. The van der Waals surface area contributed by atoms with Gasteiger partial charge in [0.2, 0.25) is 5.89 Å². The lowest BCUT2D eigenvalue weighted by molar-refractivity contribution is 0.419. The van der Waals surface area contributed by atoms with E-state index >= 15 is 0 Å². The molecule has 8 heteroatoms. The number of rotatable bonds is 6. The van der Waals surface area contributed by atoms with Gasteiger partial charge in [0, 0.05) is 0 Å². The molecule has 130 valence electrons. The van der Waals surface area contributed by atoms with E-state index in [0.717, 1.165) is 17.1 Å². The highest BCUT2D eigenvalue weighted by Crippen LogP contribution is 2.33. The fourth-order valence-electron chi connectivity index (χ4n) is 2.53. The molecule has 0 aliphatic rings. The summed E-state index contributed by atoms with van der Waals surface area (Å²) >= 11 is 1.44. The topological polar surface area (TPSA) is 82.5 Å². The summed E-state index contributed by atoms with van der Waals surface area (Å²) in [6.45, 7) is 2.01. The zero-order valence-corrected chi connectivity index (χ0v) is 14.9. The maximum absolute atomic E-state index is 5.76. The summed E-state index contributed by atoms with van der Waals surface area (Å²) in [5, 5.41) is 20.8. The number of benzene rings is 2. The van der Waals surface area contributed by atoms with Crippen molar-refractivity contribution < 1.29 is 4.42 Å². The first-order valence-electron chi connectivity index (χ1n) is 8.16. The molecule has 1 atom stereocenters. The molecule has 0 saturated heterocycles. The molecule has 2 aromatic heterocycles. The molecule has 4 aromatic rings. The van der Waals surface area contributed by atoms with Gasteiger partial charge in [-0.3, -0.25) is 0 Å². The summed E-state index contributed by atoms with van der Waals surface area (Å²) in [5.74, 6) is 1.32. The van der Waals surface area contributed by atoms with Crippen molar-refractivity contribution in [2.24, 2.45) is 0 Å². The largest absolute Gasteiger partial charge is 0.416 e. The van der Waals surface area contributed by atoms with Crippen LogP contribution in [0.5, 0.6) is 0 Å². The van der Waals surface area contributed by atoms with Crippen molar-refractivity contribution in [3.05, 3.63) is 77.9 Å². The highest BCUT2D eigenvalue weighted by molar-refractivity contribution is 7.99. The summed E-state index contributed by atoms with van der Waals surface area (Å²) in [4.78, 5) is 0. The van der Waals surface area contributed by atoms with Gasteiger partial charge in [-0.15, -0.1) is 15.3 Å². The highest BCUT2D eigenvalue weighted by Gasteiger charge is 2.20. The molecule has 0 bridgehead atoms. The lowest BCUT2D eigenvalue weighted by Gasteiger charge is -2.08. The molecule has 0 fully saturated rings. The van der Waals surface area contributed by atoms with Gasteiger partial charge < -0.3 is 4.42 Å². The summed E-state index contributed by atoms with van der Waals surface area (Å²) in [6.07, 6.45) is 0.616. The Kier molecular flexibility index (Phi) is 4.74. The quantitative estimate of drug-likeness (QED) is 0.484. The minimum atomic E-state index is -0.0461. The lowest BCUT2D eigenvalue weighted by atomic mass is 10.2. The van der Waals surface area contributed by atoms with Gasteiger partial charge in [-0.25, -0.2) is 0 Å². The van der Waals surface area contributed by atoms with Crippen LogP contribution in [-0.4, -0.2) is 30.4 Å². The van der Waals surface area contributed by atoms with Gasteiger partial charge in [0.15, 0.2) is 5.82 Å². The number of hydrogen-bond acceptors (Lipinski definition) is 7. The number of thioether (sulfide) groups is 1. The third-order valence-corrected chi connectivity index (χ3v) is 4.71. The number of tetrazole rings is 1. The maximum Gasteiger partial charge on any atom is 0.277 e. The van der Waals surface area contributed by atoms with Crippen molar-refractivity contribution >= 4 is 11.8 Å². The molecule has 0 spiro atoms. The predicted octanol–water partition coefficient (Wildman–Crippen LogP) is 3.49. The van der Waals surface area contributed by atoms with Crippen molar-refractivity contribution in [1.29, 1.82) is 0 Å². The van der Waals surface area contributed by atoms with E-state index in [4.69, 9.17) is 4.42 Å². The molecule has 0 aliphatic carbocycles. The van der Waals surface area contributed by atoms with Crippen molar-refractivity contribution in [2.45, 2.75) is 23.8 Å². The van der Waals surface area contributed by atoms with Crippen LogP contribution in [0, 0.1) is 0 Å². The third kappa shape index (κ3) is 3.65. The minimum absolute atomic E-state index is 0.0461. The average molecular weight is 364 g/mol. The van der Waals surface area contributed by atoms with Gasteiger partial charge in [-0.1, -0.05) is 60.3 Å². The van der Waals surface area contributed by atoms with Crippen LogP contribution in [-0.2, 0) is 6.42 Å². The molecular formula is C18H16N6OS. The van der Waals surface area contributed by atoms with E-state index in [1.54, 1.807) is 4.68 Å². The van der Waals surface area contributed by atoms with Crippen molar-refractivity contribution in [1.82, 2.24) is 30.4 Å². The molecule has 7 nitrogen and oxygen atoms in total. The summed E-state index contributed by atoms with van der Waals surface area (Å²) in [6, 6.07) is 19.8. The van der Waals surface area contributed by atoms with Crippen LogP contribution in [0.3, 0.4) is 0 Å². The summed E-state index contributed by atoms with van der Waals surface area (Å²) in [7, 11) is 0. The van der Waals surface area contributed by atoms with Crippen LogP contribution in [0.15, 0.2) is 70.3 Å². The van der Waals surface area contributed by atoms with Crippen LogP contribution < -0.4 is 0 Å². The van der Waals surface area contributed by atoms with Gasteiger partial charge in [0.25, 0.3) is 5.22 Å². The summed E-state index contributed by atoms with van der Waals surface area (Å²) < 4.78 is 7.49. The van der Waals surface area contributed by atoms with E-state index in [9.17, 15) is 0 Å². The van der Waals surface area contributed by atoms with E-state index in [1.165, 1.54) is 11.8 Å². The molecule has 0 saturated carbocycles. The van der Waals surface area contributed by atoms with E-state index in [1.807, 2.05) is 67.6 Å². The SMILES string of the molecule is C[C@@H](Sc1nnc(Cc2ccccc2)o1)c1nnnn1-c1ccccc1. The van der Waals surface area contributed by atoms with Crippen LogP contribution in [0.25, 0.3) is 5.69 Å². The Bertz CT molecular complexity index is 970. The third-order valence-electron chi connectivity index (χ3n) is 3.78. The van der Waals surface area contributed by atoms with Gasteiger partial charge >= 0.3 is 0 Å². The van der Waals surface area contributed by atoms with Crippen LogP contribution in [0.2, 0.25) is 0 Å². The molecule has 2 aromatic carbocycles. The van der Waals surface area contributed by atoms with Crippen molar-refractivity contribution in [2.75, 3.05) is 0 Å². The monoisotopic (exact) mass is 364 g/mol. The van der Waals surface area contributed by atoms with E-state index in [-0.39, 0.29) is 5.25 Å². The van der Waals surface area contributed by atoms with E-state index < -0.39 is 0 Å². The Morgan fingerprint density at radius 3 is 2.46 bits per heavy atom. The molecule has 2 heterocycles. The molecule has 26 heavy (non-hydrogen) atoms. The van der Waals surface area contributed by atoms with E-state index in [0.29, 0.717) is 17.5 Å². The Morgan fingerprint density at radius 2 is 1.69 bits per heavy atom. The number of hydrogen-bond donors (Lipinski definition) is 0. The highest BCUT2D eigenvalue weighted by atomic mass is 32.2. The number of aromatic nitrogens is 6. The first-order valence-corrected chi connectivity index (χ1v) is 9.04. The first kappa shape index (κ1) is 16.5. The summed E-state index contributed by atoms with van der Waals surface area (Å²) in [5.41, 5.74) is 2.05. The second-order valence-electron chi connectivity index (χ2n) is 5.67. The van der Waals surface area contributed by atoms with Gasteiger partial charge in [0.1, 0.15) is 0 Å². The standard InChI is InChI=1S/C18H16N6OS/c1-13(17-20-22-23-24(17)15-10-6-3-7-11-15)26-18-21-19-16(25-18)12-14-8-4-2-5-9-14/h2-11,13H,12H2,1H3/t13-/m1/s1. The number of nitrogens with zero attached hydrogens (tertiary/aromatic N) is 6. The van der Waals surface area contributed by atoms with Crippen molar-refractivity contribution in [3.8, 4) is 5.69 Å². The zero-order chi connectivity index (χ0) is 17.8. The molecular weight excluding hydrogens is 348 g/mol. The first-order chi connectivity index (χ1) is 12.8. The number of para-hydroxylation sites is 1. The van der Waals surface area contributed by atoms with E-state index in [2.05, 4.69) is 25.7 Å². The second-order valence-corrected chi connectivity index (χ2v) is 6.96. The second kappa shape index (κ2) is 7.49. The van der Waals surface area contributed by atoms with Crippen molar-refractivity contribution in [3.63, 3.8) is 0 Å². The normalized spacial score (nSPS) is 12.2. The van der Waals surface area contributed by atoms with Crippen LogP contribution >= 0.6 is 11.8 Å². The van der Waals surface area contributed by atoms with Gasteiger partial charge in [0.05, 0.1) is 17.4 Å². The predicted molar refractivity (Wildman–Crippen MR) is 97.0 cm³/mol. The smallest absolute Gasteiger partial charge is 0.277 e. The fraction of sp³-hybridized carbons (Fsp3) is 0.167. The molecule has 0 radical (unpaired) electrons. The van der Waals surface area contributed by atoms with Gasteiger partial charge in [-0.2, -0.15) is 4.68 Å². The molecule has 0 amide bonds.